The minimum absolute atomic E-state index is 0.128. The van der Waals surface area contributed by atoms with E-state index in [1.54, 1.807) is 24.3 Å². The van der Waals surface area contributed by atoms with Crippen molar-refractivity contribution in [3.63, 3.8) is 0 Å². The Morgan fingerprint density at radius 3 is 2.57 bits per heavy atom. The first-order valence-corrected chi connectivity index (χ1v) is 10.1. The molecule has 30 heavy (non-hydrogen) atoms. The van der Waals surface area contributed by atoms with Crippen molar-refractivity contribution in [3.8, 4) is 0 Å². The number of benzene rings is 2. The Hall–Kier alpha value is -3.19. The molecular formula is C22H20ClN3O4. The van der Waals surface area contributed by atoms with Crippen LogP contribution in [0.15, 0.2) is 42.5 Å². The van der Waals surface area contributed by atoms with Gasteiger partial charge in [0.25, 0.3) is 5.91 Å². The molecule has 1 fully saturated rings. The van der Waals surface area contributed by atoms with E-state index < -0.39 is 11.9 Å². The Balaban J connectivity index is 1.38. The summed E-state index contributed by atoms with van der Waals surface area (Å²) in [7, 11) is 0. The predicted octanol–water partition coefficient (Wildman–Crippen LogP) is 1.96. The van der Waals surface area contributed by atoms with Gasteiger partial charge in [-0.2, -0.15) is 0 Å². The van der Waals surface area contributed by atoms with Crippen molar-refractivity contribution in [2.45, 2.75) is 38.4 Å². The van der Waals surface area contributed by atoms with Crippen LogP contribution in [0.25, 0.3) is 0 Å². The van der Waals surface area contributed by atoms with Gasteiger partial charge in [0.05, 0.1) is 6.42 Å². The zero-order valence-corrected chi connectivity index (χ0v) is 16.9. The van der Waals surface area contributed by atoms with E-state index in [9.17, 15) is 19.2 Å². The van der Waals surface area contributed by atoms with E-state index in [1.807, 2.05) is 18.2 Å². The number of rotatable bonds is 5. The number of imide groups is 1. The number of carbonyl (C=O) groups is 4. The highest BCUT2D eigenvalue weighted by molar-refractivity contribution is 6.30. The molecule has 2 heterocycles. The molecule has 0 aliphatic carbocycles. The molecule has 1 saturated heterocycles. The van der Waals surface area contributed by atoms with E-state index in [2.05, 4.69) is 10.6 Å². The van der Waals surface area contributed by atoms with Crippen LogP contribution in [0.1, 0.15) is 39.9 Å². The number of nitrogens with one attached hydrogen (secondary N) is 2. The van der Waals surface area contributed by atoms with Crippen LogP contribution in [0.5, 0.6) is 0 Å². The molecule has 2 N–H and O–H groups in total. The normalized spacial score (nSPS) is 18.2. The highest BCUT2D eigenvalue weighted by Gasteiger charge is 2.39. The number of carbonyl (C=O) groups excluding carboxylic acids is 4. The second-order valence-electron chi connectivity index (χ2n) is 7.47. The summed E-state index contributed by atoms with van der Waals surface area (Å²) in [6.45, 7) is 0.698. The Morgan fingerprint density at radius 1 is 1.10 bits per heavy atom. The van der Waals surface area contributed by atoms with Crippen LogP contribution in [-0.2, 0) is 33.9 Å². The highest BCUT2D eigenvalue weighted by Crippen LogP contribution is 2.28. The largest absolute Gasteiger partial charge is 0.352 e. The van der Waals surface area contributed by atoms with Gasteiger partial charge in [-0.25, -0.2) is 0 Å². The quantitative estimate of drug-likeness (QED) is 0.716. The molecule has 8 heteroatoms. The van der Waals surface area contributed by atoms with Crippen LogP contribution >= 0.6 is 11.6 Å². The smallest absolute Gasteiger partial charge is 0.255 e. The zero-order valence-electron chi connectivity index (χ0n) is 16.1. The van der Waals surface area contributed by atoms with Crippen molar-refractivity contribution in [2.75, 3.05) is 0 Å². The zero-order chi connectivity index (χ0) is 21.3. The van der Waals surface area contributed by atoms with Crippen LogP contribution in [0.2, 0.25) is 5.02 Å². The first-order valence-electron chi connectivity index (χ1n) is 9.68. The third-order valence-electron chi connectivity index (χ3n) is 5.36. The summed E-state index contributed by atoms with van der Waals surface area (Å²) in [6.07, 6.45) is 0.730. The fraction of sp³-hybridized carbons (Fsp3) is 0.273. The summed E-state index contributed by atoms with van der Waals surface area (Å²) in [4.78, 5) is 50.0. The summed E-state index contributed by atoms with van der Waals surface area (Å²) < 4.78 is 0. The molecule has 2 aromatic rings. The van der Waals surface area contributed by atoms with E-state index in [0.29, 0.717) is 30.1 Å². The van der Waals surface area contributed by atoms with E-state index >= 15 is 0 Å². The first-order chi connectivity index (χ1) is 14.4. The summed E-state index contributed by atoms with van der Waals surface area (Å²) >= 11 is 5.86. The topological polar surface area (TPSA) is 95.6 Å². The number of nitrogens with zero attached hydrogens (tertiary/aromatic N) is 1. The molecule has 0 aromatic heterocycles. The average Bonchev–Trinajstić information content (AvgIpc) is 3.03. The molecule has 4 rings (SSSR count). The van der Waals surface area contributed by atoms with Crippen molar-refractivity contribution >= 4 is 35.2 Å². The van der Waals surface area contributed by atoms with E-state index in [-0.39, 0.29) is 30.6 Å². The minimum Gasteiger partial charge on any atom is -0.352 e. The number of fused-ring (bicyclic) bond motifs is 1. The van der Waals surface area contributed by atoms with E-state index in [1.165, 1.54) is 4.90 Å². The van der Waals surface area contributed by atoms with Gasteiger partial charge in [0.15, 0.2) is 0 Å². The summed E-state index contributed by atoms with van der Waals surface area (Å²) in [6, 6.07) is 11.9. The van der Waals surface area contributed by atoms with Gasteiger partial charge >= 0.3 is 0 Å². The lowest BCUT2D eigenvalue weighted by Gasteiger charge is -2.29. The van der Waals surface area contributed by atoms with Crippen LogP contribution in [-0.4, -0.2) is 34.6 Å². The molecule has 0 radical (unpaired) electrons. The maximum Gasteiger partial charge on any atom is 0.255 e. The molecular weight excluding hydrogens is 406 g/mol. The summed E-state index contributed by atoms with van der Waals surface area (Å²) in [5.41, 5.74) is 3.06. The van der Waals surface area contributed by atoms with E-state index in [4.69, 9.17) is 11.6 Å². The van der Waals surface area contributed by atoms with Crippen LogP contribution in [0.3, 0.4) is 0 Å². The van der Waals surface area contributed by atoms with Crippen molar-refractivity contribution in [3.05, 3.63) is 69.7 Å². The average molecular weight is 426 g/mol. The number of hydrogen-bond donors (Lipinski definition) is 2. The fourth-order valence-electron chi connectivity index (χ4n) is 3.79. The Kier molecular flexibility index (Phi) is 5.55. The lowest BCUT2D eigenvalue weighted by molar-refractivity contribution is -0.137. The molecule has 0 bridgehead atoms. The molecule has 7 nitrogen and oxygen atoms in total. The van der Waals surface area contributed by atoms with Crippen LogP contribution in [0, 0.1) is 0 Å². The fourth-order valence-corrected chi connectivity index (χ4v) is 3.91. The molecule has 0 spiro atoms. The number of hydrogen-bond acceptors (Lipinski definition) is 4. The lowest BCUT2D eigenvalue weighted by Crippen LogP contribution is -2.52. The molecule has 1 atom stereocenters. The molecule has 2 aliphatic heterocycles. The van der Waals surface area contributed by atoms with Gasteiger partial charge in [-0.3, -0.25) is 24.5 Å². The van der Waals surface area contributed by atoms with Crippen molar-refractivity contribution < 1.29 is 19.2 Å². The van der Waals surface area contributed by atoms with Gasteiger partial charge in [0.2, 0.25) is 17.7 Å². The number of piperidine rings is 1. The van der Waals surface area contributed by atoms with Crippen molar-refractivity contribution in [2.24, 2.45) is 0 Å². The first kappa shape index (κ1) is 20.1. The molecule has 2 aromatic carbocycles. The van der Waals surface area contributed by atoms with Gasteiger partial charge < -0.3 is 10.2 Å². The summed E-state index contributed by atoms with van der Waals surface area (Å²) in [5.74, 6) is -1.10. The Labute approximate surface area is 178 Å². The Morgan fingerprint density at radius 2 is 1.83 bits per heavy atom. The molecule has 4 amide bonds. The number of halogens is 1. The number of amides is 4. The van der Waals surface area contributed by atoms with Crippen LogP contribution in [0.4, 0.5) is 0 Å². The Bertz CT molecular complexity index is 1040. The highest BCUT2D eigenvalue weighted by atomic mass is 35.5. The van der Waals surface area contributed by atoms with E-state index in [0.717, 1.165) is 16.7 Å². The predicted molar refractivity (Wildman–Crippen MR) is 109 cm³/mol. The second kappa shape index (κ2) is 8.28. The van der Waals surface area contributed by atoms with Gasteiger partial charge in [0, 0.05) is 30.1 Å². The third kappa shape index (κ3) is 4.21. The third-order valence-corrected chi connectivity index (χ3v) is 5.61. The SMILES string of the molecule is O=C(Cc1ccc2c(c1)CN(C1CCC(=O)NC1=O)C2=O)NCc1ccc(Cl)cc1. The van der Waals surface area contributed by atoms with Gasteiger partial charge in [0.1, 0.15) is 6.04 Å². The minimum atomic E-state index is -0.645. The lowest BCUT2D eigenvalue weighted by atomic mass is 10.0. The van der Waals surface area contributed by atoms with Crippen molar-refractivity contribution in [1.29, 1.82) is 0 Å². The van der Waals surface area contributed by atoms with Crippen LogP contribution < -0.4 is 10.6 Å². The summed E-state index contributed by atoms with van der Waals surface area (Å²) in [5, 5.41) is 5.80. The molecule has 154 valence electrons. The van der Waals surface area contributed by atoms with Gasteiger partial charge in [-0.05, 0) is 41.3 Å². The van der Waals surface area contributed by atoms with Gasteiger partial charge in [-0.1, -0.05) is 35.9 Å². The van der Waals surface area contributed by atoms with Crippen molar-refractivity contribution in [1.82, 2.24) is 15.5 Å². The molecule has 2 aliphatic rings. The second-order valence-corrected chi connectivity index (χ2v) is 7.91. The maximum absolute atomic E-state index is 12.7. The van der Waals surface area contributed by atoms with Gasteiger partial charge in [-0.15, -0.1) is 0 Å². The molecule has 1 unspecified atom stereocenters. The molecule has 0 saturated carbocycles. The maximum atomic E-state index is 12.7. The standard InChI is InChI=1S/C22H20ClN3O4/c23-16-4-1-13(2-5-16)11-24-20(28)10-14-3-6-17-15(9-14)12-26(22(17)30)18-7-8-19(27)25-21(18)29/h1-6,9,18H,7-8,10-12H2,(H,24,28)(H,25,27,29). The monoisotopic (exact) mass is 425 g/mol.